The largest absolute Gasteiger partial charge is 0.497 e. The summed E-state index contributed by atoms with van der Waals surface area (Å²) < 4.78 is 11.3. The normalized spacial score (nSPS) is 15.2. The zero-order valence-electron chi connectivity index (χ0n) is 19.7. The highest BCUT2D eigenvalue weighted by Gasteiger charge is 2.32. The molecule has 2 heterocycles. The van der Waals surface area contributed by atoms with Gasteiger partial charge >= 0.3 is 5.97 Å². The van der Waals surface area contributed by atoms with Gasteiger partial charge in [0, 0.05) is 66.7 Å². The van der Waals surface area contributed by atoms with Crippen LogP contribution in [0.2, 0.25) is 0 Å². The van der Waals surface area contributed by atoms with Crippen LogP contribution in [0.5, 0.6) is 11.5 Å². The summed E-state index contributed by atoms with van der Waals surface area (Å²) >= 11 is 0. The monoisotopic (exact) mass is 471 g/mol. The average molecular weight is 472 g/mol. The number of methoxy groups -OCH3 is 1. The molecule has 1 fully saturated rings. The fraction of sp³-hybridized carbons (Fsp3) is 0.250. The number of aromatic nitrogens is 1. The van der Waals surface area contributed by atoms with E-state index in [0.29, 0.717) is 19.7 Å². The number of fused-ring (bicyclic) bond motifs is 1. The van der Waals surface area contributed by atoms with Crippen LogP contribution in [0.15, 0.2) is 79.0 Å². The second-order valence-electron chi connectivity index (χ2n) is 8.69. The van der Waals surface area contributed by atoms with Gasteiger partial charge < -0.3 is 24.5 Å². The standard InChI is InChI=1S/C28H29N3O4/c1-34-22-9-5-8-21(16-22)30-12-14-31(15-13-30)27(28(32)33)25-18-29-26-17-23(10-11-24(25)26)35-19-20-6-3-2-4-7-20/h2-11,16-18,27,29H,12-15,19H2,1H3,(H,32,33)/t27-/m1/s1. The Balaban J connectivity index is 1.30. The predicted molar refractivity (Wildman–Crippen MR) is 136 cm³/mol. The number of benzene rings is 3. The van der Waals surface area contributed by atoms with Gasteiger partial charge in [-0.1, -0.05) is 36.4 Å². The van der Waals surface area contributed by atoms with E-state index in [2.05, 4.69) is 16.0 Å². The molecule has 0 saturated carbocycles. The third kappa shape index (κ3) is 4.95. The van der Waals surface area contributed by atoms with E-state index in [4.69, 9.17) is 9.47 Å². The second kappa shape index (κ2) is 10.1. The Morgan fingerprint density at radius 3 is 2.51 bits per heavy atom. The number of nitrogens with one attached hydrogen (secondary N) is 1. The minimum atomic E-state index is -0.842. The third-order valence-electron chi connectivity index (χ3n) is 6.56. The second-order valence-corrected chi connectivity index (χ2v) is 8.69. The number of nitrogens with zero attached hydrogens (tertiary/aromatic N) is 2. The van der Waals surface area contributed by atoms with Gasteiger partial charge in [0.15, 0.2) is 0 Å². The first-order valence-electron chi connectivity index (χ1n) is 11.8. The van der Waals surface area contributed by atoms with Crippen molar-refractivity contribution < 1.29 is 19.4 Å². The number of carboxylic acid groups (broad SMARTS) is 1. The van der Waals surface area contributed by atoms with Gasteiger partial charge in [-0.25, -0.2) is 0 Å². The van der Waals surface area contributed by atoms with Crippen LogP contribution < -0.4 is 14.4 Å². The summed E-state index contributed by atoms with van der Waals surface area (Å²) in [4.78, 5) is 20.0. The minimum absolute atomic E-state index is 0.481. The Bertz CT molecular complexity index is 1300. The van der Waals surface area contributed by atoms with Gasteiger partial charge in [-0.3, -0.25) is 9.69 Å². The Kier molecular flexibility index (Phi) is 6.59. The molecule has 35 heavy (non-hydrogen) atoms. The molecule has 0 unspecified atom stereocenters. The summed E-state index contributed by atoms with van der Waals surface area (Å²) in [5, 5.41) is 11.1. The number of anilines is 1. The maximum absolute atomic E-state index is 12.4. The molecule has 0 aliphatic carbocycles. The van der Waals surface area contributed by atoms with Crippen molar-refractivity contribution in [2.24, 2.45) is 0 Å². The number of aromatic amines is 1. The van der Waals surface area contributed by atoms with Crippen molar-refractivity contribution in [1.82, 2.24) is 9.88 Å². The van der Waals surface area contributed by atoms with Crippen LogP contribution in [-0.2, 0) is 11.4 Å². The summed E-state index contributed by atoms with van der Waals surface area (Å²) in [6.45, 7) is 3.28. The highest BCUT2D eigenvalue weighted by molar-refractivity contribution is 5.90. The third-order valence-corrected chi connectivity index (χ3v) is 6.56. The van der Waals surface area contributed by atoms with Gasteiger partial charge in [0.2, 0.25) is 0 Å². The lowest BCUT2D eigenvalue weighted by molar-refractivity contribution is -0.143. The van der Waals surface area contributed by atoms with E-state index in [9.17, 15) is 9.90 Å². The molecule has 7 nitrogen and oxygen atoms in total. The smallest absolute Gasteiger partial charge is 0.325 e. The molecule has 180 valence electrons. The number of hydrogen-bond acceptors (Lipinski definition) is 5. The van der Waals surface area contributed by atoms with Crippen LogP contribution in [0, 0.1) is 0 Å². The van der Waals surface area contributed by atoms with E-state index < -0.39 is 12.0 Å². The van der Waals surface area contributed by atoms with Crippen molar-refractivity contribution in [3.05, 3.63) is 90.1 Å². The van der Waals surface area contributed by atoms with Crippen molar-refractivity contribution in [3.63, 3.8) is 0 Å². The average Bonchev–Trinajstić information content (AvgIpc) is 3.31. The van der Waals surface area contributed by atoms with Crippen molar-refractivity contribution in [1.29, 1.82) is 0 Å². The molecule has 0 bridgehead atoms. The van der Waals surface area contributed by atoms with Crippen LogP contribution in [0.1, 0.15) is 17.2 Å². The molecule has 3 aromatic carbocycles. The zero-order chi connectivity index (χ0) is 24.2. The molecule has 1 aliphatic rings. The van der Waals surface area contributed by atoms with E-state index in [-0.39, 0.29) is 0 Å². The van der Waals surface area contributed by atoms with Crippen LogP contribution in [-0.4, -0.2) is 54.2 Å². The van der Waals surface area contributed by atoms with Crippen molar-refractivity contribution in [2.75, 3.05) is 38.2 Å². The molecule has 2 N–H and O–H groups in total. The summed E-state index contributed by atoms with van der Waals surface area (Å²) in [6.07, 6.45) is 1.82. The molecule has 1 aliphatic heterocycles. The summed E-state index contributed by atoms with van der Waals surface area (Å²) in [6, 6.07) is 23.1. The van der Waals surface area contributed by atoms with Crippen LogP contribution in [0.4, 0.5) is 5.69 Å². The van der Waals surface area contributed by atoms with E-state index in [0.717, 1.165) is 52.3 Å². The molecule has 5 rings (SSSR count). The topological polar surface area (TPSA) is 78.0 Å². The minimum Gasteiger partial charge on any atom is -0.497 e. The van der Waals surface area contributed by atoms with Gasteiger partial charge in [-0.15, -0.1) is 0 Å². The quantitative estimate of drug-likeness (QED) is 0.388. The number of aliphatic carboxylic acids is 1. The molecule has 1 saturated heterocycles. The van der Waals surface area contributed by atoms with Crippen LogP contribution in [0.3, 0.4) is 0 Å². The number of carboxylic acids is 1. The number of hydrogen-bond donors (Lipinski definition) is 2. The SMILES string of the molecule is COc1cccc(N2CCN([C@@H](C(=O)O)c3c[nH]c4cc(OCc5ccccc5)ccc34)CC2)c1. The summed E-state index contributed by atoms with van der Waals surface area (Å²) in [5.74, 6) is 0.720. The molecule has 1 atom stereocenters. The van der Waals surface area contributed by atoms with Gasteiger partial charge in [0.25, 0.3) is 0 Å². The Morgan fingerprint density at radius 2 is 1.77 bits per heavy atom. The molecule has 4 aromatic rings. The van der Waals surface area contributed by atoms with E-state index in [1.807, 2.05) is 77.8 Å². The molecular weight excluding hydrogens is 442 g/mol. The number of carbonyl (C=O) groups is 1. The van der Waals surface area contributed by atoms with Crippen molar-refractivity contribution >= 4 is 22.6 Å². The molecule has 0 radical (unpaired) electrons. The number of H-pyrrole nitrogens is 1. The maximum atomic E-state index is 12.4. The van der Waals surface area contributed by atoms with Gasteiger partial charge in [-0.05, 0) is 29.8 Å². The number of rotatable bonds is 8. The summed E-state index contributed by atoms with van der Waals surface area (Å²) in [7, 11) is 1.66. The van der Waals surface area contributed by atoms with Gasteiger partial charge in [0.05, 0.1) is 7.11 Å². The Hall–Kier alpha value is -3.97. The van der Waals surface area contributed by atoms with E-state index in [1.54, 1.807) is 7.11 Å². The van der Waals surface area contributed by atoms with Crippen LogP contribution in [0.25, 0.3) is 10.9 Å². The molecule has 7 heteroatoms. The lowest BCUT2D eigenvalue weighted by Gasteiger charge is -2.38. The number of ether oxygens (including phenoxy) is 2. The first-order chi connectivity index (χ1) is 17.1. The first kappa shape index (κ1) is 22.8. The molecule has 0 amide bonds. The van der Waals surface area contributed by atoms with E-state index >= 15 is 0 Å². The fourth-order valence-corrected chi connectivity index (χ4v) is 4.72. The Labute approximate surface area is 204 Å². The predicted octanol–water partition coefficient (Wildman–Crippen LogP) is 4.70. The van der Waals surface area contributed by atoms with Gasteiger partial charge in [0.1, 0.15) is 24.1 Å². The van der Waals surface area contributed by atoms with E-state index in [1.165, 1.54) is 0 Å². The summed E-state index contributed by atoms with van der Waals surface area (Å²) in [5.41, 5.74) is 3.83. The van der Waals surface area contributed by atoms with Crippen LogP contribution >= 0.6 is 0 Å². The highest BCUT2D eigenvalue weighted by atomic mass is 16.5. The Morgan fingerprint density at radius 1 is 0.971 bits per heavy atom. The fourth-order valence-electron chi connectivity index (χ4n) is 4.72. The van der Waals surface area contributed by atoms with Gasteiger partial charge in [-0.2, -0.15) is 0 Å². The van der Waals surface area contributed by atoms with Crippen molar-refractivity contribution in [2.45, 2.75) is 12.6 Å². The molecule has 1 aromatic heterocycles. The maximum Gasteiger partial charge on any atom is 0.325 e. The highest BCUT2D eigenvalue weighted by Crippen LogP contribution is 2.32. The first-order valence-corrected chi connectivity index (χ1v) is 11.8. The zero-order valence-corrected chi connectivity index (χ0v) is 19.7. The lowest BCUT2D eigenvalue weighted by Crippen LogP contribution is -2.49. The van der Waals surface area contributed by atoms with Crippen molar-refractivity contribution in [3.8, 4) is 11.5 Å². The molecular formula is C28H29N3O4. The lowest BCUT2D eigenvalue weighted by atomic mass is 10.0. The number of piperazine rings is 1. The molecule has 0 spiro atoms.